The van der Waals surface area contributed by atoms with Gasteiger partial charge in [-0.2, -0.15) is 0 Å². The lowest BCUT2D eigenvalue weighted by atomic mass is 10.0. The van der Waals surface area contributed by atoms with Crippen LogP contribution in [-0.4, -0.2) is 34.6 Å². The number of nitrogens with one attached hydrogen (secondary N) is 1. The van der Waals surface area contributed by atoms with E-state index in [2.05, 4.69) is 21.2 Å². The molecule has 20 heavy (non-hydrogen) atoms. The highest BCUT2D eigenvalue weighted by Gasteiger charge is 2.38. The molecular formula is C14H17BrN2O3. The van der Waals surface area contributed by atoms with Crippen LogP contribution in [0.1, 0.15) is 18.9 Å². The number of halogens is 1. The number of aryl methyl sites for hydroxylation is 1. The molecule has 1 fully saturated rings. The Balaban J connectivity index is 2.07. The predicted octanol–water partition coefficient (Wildman–Crippen LogP) is 3.08. The number of rotatable bonds is 2. The second-order valence-corrected chi connectivity index (χ2v) is 5.97. The van der Waals surface area contributed by atoms with Crippen molar-refractivity contribution < 1.29 is 14.7 Å². The van der Waals surface area contributed by atoms with Gasteiger partial charge >= 0.3 is 12.0 Å². The fourth-order valence-electron chi connectivity index (χ4n) is 2.51. The molecular weight excluding hydrogens is 324 g/mol. The quantitative estimate of drug-likeness (QED) is 0.869. The first kappa shape index (κ1) is 14.8. The Hall–Kier alpha value is -1.56. The van der Waals surface area contributed by atoms with Gasteiger partial charge in [0.05, 0.1) is 5.92 Å². The van der Waals surface area contributed by atoms with Gasteiger partial charge in [-0.05, 0) is 44.0 Å². The Bertz CT molecular complexity index is 547. The summed E-state index contributed by atoms with van der Waals surface area (Å²) in [5.74, 6) is -1.32. The monoisotopic (exact) mass is 340 g/mol. The molecule has 1 saturated heterocycles. The van der Waals surface area contributed by atoms with Crippen LogP contribution < -0.4 is 5.32 Å². The van der Waals surface area contributed by atoms with Crippen LogP contribution in [0.2, 0.25) is 0 Å². The molecule has 0 spiro atoms. The lowest BCUT2D eigenvalue weighted by Gasteiger charge is -2.24. The lowest BCUT2D eigenvalue weighted by Crippen LogP contribution is -2.40. The molecule has 0 bridgehead atoms. The molecule has 108 valence electrons. The average molecular weight is 341 g/mol. The number of carboxylic acid groups (broad SMARTS) is 1. The van der Waals surface area contributed by atoms with Crippen LogP contribution in [0.3, 0.4) is 0 Å². The SMILES string of the molecule is Cc1cc(Br)ccc1NC(=O)N1CCC(C(=O)O)C1C. The lowest BCUT2D eigenvalue weighted by molar-refractivity contribution is -0.142. The molecule has 1 aliphatic heterocycles. The number of carboxylic acids is 1. The summed E-state index contributed by atoms with van der Waals surface area (Å²) in [6.07, 6.45) is 0.503. The van der Waals surface area contributed by atoms with Gasteiger partial charge < -0.3 is 15.3 Å². The van der Waals surface area contributed by atoms with Crippen molar-refractivity contribution in [2.75, 3.05) is 11.9 Å². The maximum absolute atomic E-state index is 12.2. The molecule has 5 nitrogen and oxygen atoms in total. The fraction of sp³-hybridized carbons (Fsp3) is 0.429. The first-order valence-corrected chi connectivity index (χ1v) is 7.26. The Morgan fingerprint density at radius 3 is 2.70 bits per heavy atom. The number of urea groups is 1. The van der Waals surface area contributed by atoms with Crippen LogP contribution in [0.25, 0.3) is 0 Å². The summed E-state index contributed by atoms with van der Waals surface area (Å²) < 4.78 is 0.952. The number of carbonyl (C=O) groups excluding carboxylic acids is 1. The largest absolute Gasteiger partial charge is 0.481 e. The number of benzene rings is 1. The van der Waals surface area contributed by atoms with Crippen LogP contribution in [0, 0.1) is 12.8 Å². The van der Waals surface area contributed by atoms with E-state index < -0.39 is 11.9 Å². The summed E-state index contributed by atoms with van der Waals surface area (Å²) in [5, 5.41) is 11.9. The summed E-state index contributed by atoms with van der Waals surface area (Å²) >= 11 is 3.37. The highest BCUT2D eigenvalue weighted by molar-refractivity contribution is 9.10. The summed E-state index contributed by atoms with van der Waals surface area (Å²) in [7, 11) is 0. The number of anilines is 1. The van der Waals surface area contributed by atoms with E-state index in [1.165, 1.54) is 0 Å². The zero-order valence-corrected chi connectivity index (χ0v) is 13.0. The van der Waals surface area contributed by atoms with E-state index in [-0.39, 0.29) is 12.1 Å². The van der Waals surface area contributed by atoms with Crippen molar-refractivity contribution in [3.63, 3.8) is 0 Å². The Morgan fingerprint density at radius 2 is 2.15 bits per heavy atom. The van der Waals surface area contributed by atoms with Crippen LogP contribution in [0.4, 0.5) is 10.5 Å². The first-order chi connectivity index (χ1) is 9.40. The molecule has 1 aliphatic rings. The second-order valence-electron chi connectivity index (χ2n) is 5.06. The third-order valence-electron chi connectivity index (χ3n) is 3.76. The maximum Gasteiger partial charge on any atom is 0.322 e. The molecule has 0 aromatic heterocycles. The van der Waals surface area contributed by atoms with E-state index >= 15 is 0 Å². The summed E-state index contributed by atoms with van der Waals surface area (Å²) in [4.78, 5) is 24.9. The minimum Gasteiger partial charge on any atom is -0.481 e. The Kier molecular flexibility index (Phi) is 4.32. The number of carbonyl (C=O) groups is 2. The predicted molar refractivity (Wildman–Crippen MR) is 79.8 cm³/mol. The van der Waals surface area contributed by atoms with Gasteiger partial charge in [-0.15, -0.1) is 0 Å². The van der Waals surface area contributed by atoms with Gasteiger partial charge in [0, 0.05) is 22.7 Å². The van der Waals surface area contributed by atoms with E-state index in [0.29, 0.717) is 13.0 Å². The summed E-state index contributed by atoms with van der Waals surface area (Å²) in [6.45, 7) is 4.16. The highest BCUT2D eigenvalue weighted by atomic mass is 79.9. The fourth-order valence-corrected chi connectivity index (χ4v) is 2.99. The van der Waals surface area contributed by atoms with Crippen LogP contribution in [-0.2, 0) is 4.79 Å². The van der Waals surface area contributed by atoms with Crippen molar-refractivity contribution in [1.29, 1.82) is 0 Å². The van der Waals surface area contributed by atoms with Gasteiger partial charge in [0.1, 0.15) is 0 Å². The molecule has 0 saturated carbocycles. The molecule has 2 rings (SSSR count). The number of nitrogens with zero attached hydrogens (tertiary/aromatic N) is 1. The highest BCUT2D eigenvalue weighted by Crippen LogP contribution is 2.26. The smallest absolute Gasteiger partial charge is 0.322 e. The van der Waals surface area contributed by atoms with Gasteiger partial charge in [0.25, 0.3) is 0 Å². The van der Waals surface area contributed by atoms with E-state index in [1.807, 2.05) is 25.1 Å². The molecule has 6 heteroatoms. The van der Waals surface area contributed by atoms with E-state index in [4.69, 9.17) is 5.11 Å². The molecule has 1 aromatic carbocycles. The van der Waals surface area contributed by atoms with Gasteiger partial charge in [0.15, 0.2) is 0 Å². The zero-order valence-electron chi connectivity index (χ0n) is 11.4. The van der Waals surface area contributed by atoms with Crippen LogP contribution in [0.5, 0.6) is 0 Å². The normalized spacial score (nSPS) is 21.9. The maximum atomic E-state index is 12.2. The zero-order chi connectivity index (χ0) is 14.9. The van der Waals surface area contributed by atoms with E-state index in [0.717, 1.165) is 15.7 Å². The summed E-state index contributed by atoms with van der Waals surface area (Å²) in [6, 6.07) is 5.07. The molecule has 1 aromatic rings. The topological polar surface area (TPSA) is 69.6 Å². The van der Waals surface area contributed by atoms with Crippen molar-refractivity contribution in [1.82, 2.24) is 4.90 Å². The molecule has 2 atom stereocenters. The van der Waals surface area contributed by atoms with Crippen molar-refractivity contribution in [3.8, 4) is 0 Å². The van der Waals surface area contributed by atoms with Crippen molar-refractivity contribution >= 4 is 33.6 Å². The van der Waals surface area contributed by atoms with Crippen molar-refractivity contribution in [2.24, 2.45) is 5.92 Å². The third kappa shape index (κ3) is 2.95. The van der Waals surface area contributed by atoms with E-state index in [1.54, 1.807) is 11.8 Å². The average Bonchev–Trinajstić information content (AvgIpc) is 2.74. The molecule has 0 aliphatic carbocycles. The molecule has 2 N–H and O–H groups in total. The van der Waals surface area contributed by atoms with E-state index in [9.17, 15) is 9.59 Å². The second kappa shape index (κ2) is 5.83. The van der Waals surface area contributed by atoms with Crippen LogP contribution >= 0.6 is 15.9 Å². The Morgan fingerprint density at radius 1 is 1.45 bits per heavy atom. The van der Waals surface area contributed by atoms with Crippen molar-refractivity contribution in [3.05, 3.63) is 28.2 Å². The minimum atomic E-state index is -0.840. The van der Waals surface area contributed by atoms with Gasteiger partial charge in [-0.25, -0.2) is 4.79 Å². The number of likely N-dealkylation sites (tertiary alicyclic amines) is 1. The third-order valence-corrected chi connectivity index (χ3v) is 4.26. The van der Waals surface area contributed by atoms with Crippen LogP contribution in [0.15, 0.2) is 22.7 Å². The van der Waals surface area contributed by atoms with Crippen molar-refractivity contribution in [2.45, 2.75) is 26.3 Å². The Labute approximate surface area is 126 Å². The number of hydrogen-bond donors (Lipinski definition) is 2. The van der Waals surface area contributed by atoms with Gasteiger partial charge in [0.2, 0.25) is 0 Å². The first-order valence-electron chi connectivity index (χ1n) is 6.46. The number of amides is 2. The minimum absolute atomic E-state index is 0.244. The van der Waals surface area contributed by atoms with Gasteiger partial charge in [-0.1, -0.05) is 15.9 Å². The van der Waals surface area contributed by atoms with Gasteiger partial charge in [-0.3, -0.25) is 4.79 Å². The number of aliphatic carboxylic acids is 1. The number of hydrogen-bond acceptors (Lipinski definition) is 2. The standard InChI is InChI=1S/C14H17BrN2O3/c1-8-7-10(15)3-4-12(8)16-14(20)17-6-5-11(9(17)2)13(18)19/h3-4,7,9,11H,5-6H2,1-2H3,(H,16,20)(H,18,19). The molecule has 2 amide bonds. The molecule has 0 radical (unpaired) electrons. The molecule has 1 heterocycles. The molecule has 2 unspecified atom stereocenters. The summed E-state index contributed by atoms with van der Waals surface area (Å²) in [5.41, 5.74) is 1.69.